The molecule has 2 aromatic rings. The van der Waals surface area contributed by atoms with Crippen LogP contribution in [0, 0.1) is 13.8 Å². The number of rotatable bonds is 4. The first-order valence-corrected chi connectivity index (χ1v) is 8.14. The van der Waals surface area contributed by atoms with Crippen molar-refractivity contribution in [1.82, 2.24) is 0 Å². The van der Waals surface area contributed by atoms with Crippen molar-refractivity contribution in [1.29, 1.82) is 0 Å². The Hall–Kier alpha value is -2.04. The van der Waals surface area contributed by atoms with Crippen molar-refractivity contribution in [2.24, 2.45) is 0 Å². The van der Waals surface area contributed by atoms with Crippen LogP contribution in [-0.2, 0) is 9.59 Å². The summed E-state index contributed by atoms with van der Waals surface area (Å²) in [6, 6.07) is 10.7. The first-order chi connectivity index (χ1) is 11.3. The number of anilines is 2. The summed E-state index contributed by atoms with van der Waals surface area (Å²) in [5.41, 5.74) is 3.15. The van der Waals surface area contributed by atoms with Gasteiger partial charge in [-0.25, -0.2) is 0 Å². The lowest BCUT2D eigenvalue weighted by molar-refractivity contribution is -0.120. The molecule has 0 heterocycles. The number of hydrogen-bond donors (Lipinski definition) is 1. The van der Waals surface area contributed by atoms with E-state index in [2.05, 4.69) is 5.32 Å². The van der Waals surface area contributed by atoms with Crippen molar-refractivity contribution in [3.05, 3.63) is 57.6 Å². The number of hydrogen-bond acceptors (Lipinski definition) is 2. The lowest BCUT2D eigenvalue weighted by Gasteiger charge is -2.22. The topological polar surface area (TPSA) is 49.4 Å². The van der Waals surface area contributed by atoms with Crippen LogP contribution in [0.15, 0.2) is 36.4 Å². The fraction of sp³-hybridized carbons (Fsp3) is 0.222. The number of halogens is 2. The van der Waals surface area contributed by atoms with Gasteiger partial charge in [0, 0.05) is 12.6 Å². The van der Waals surface area contributed by atoms with Crippen molar-refractivity contribution < 1.29 is 9.59 Å². The maximum atomic E-state index is 12.3. The quantitative estimate of drug-likeness (QED) is 0.861. The zero-order valence-electron chi connectivity index (χ0n) is 13.7. The SMILES string of the molecule is CC(=O)N(CC(=O)Nc1cccc(Cl)c1Cl)c1cc(C)cc(C)c1. The minimum absolute atomic E-state index is 0.110. The molecule has 0 fully saturated rings. The lowest BCUT2D eigenvalue weighted by Crippen LogP contribution is -2.36. The standard InChI is InChI=1S/C18H18Cl2N2O2/c1-11-7-12(2)9-14(8-11)22(13(3)23)10-17(24)21-16-6-4-5-15(19)18(16)20/h4-9H,10H2,1-3H3,(H,21,24). The van der Waals surface area contributed by atoms with Crippen molar-refractivity contribution in [2.45, 2.75) is 20.8 Å². The number of nitrogens with zero attached hydrogens (tertiary/aromatic N) is 1. The van der Waals surface area contributed by atoms with Crippen LogP contribution in [0.5, 0.6) is 0 Å². The molecule has 4 nitrogen and oxygen atoms in total. The van der Waals surface area contributed by atoms with Crippen LogP contribution in [0.1, 0.15) is 18.1 Å². The minimum atomic E-state index is -0.353. The Morgan fingerprint density at radius 3 is 2.29 bits per heavy atom. The number of nitrogens with one attached hydrogen (secondary N) is 1. The van der Waals surface area contributed by atoms with Gasteiger partial charge in [0.25, 0.3) is 0 Å². The molecule has 0 spiro atoms. The number of benzene rings is 2. The summed E-state index contributed by atoms with van der Waals surface area (Å²) in [6.07, 6.45) is 0. The van der Waals surface area contributed by atoms with Crippen LogP contribution < -0.4 is 10.2 Å². The number of carbonyl (C=O) groups is 2. The van der Waals surface area contributed by atoms with Gasteiger partial charge in [-0.3, -0.25) is 9.59 Å². The average Bonchev–Trinajstić information content (AvgIpc) is 2.48. The summed E-state index contributed by atoms with van der Waals surface area (Å²) in [5, 5.41) is 3.31. The van der Waals surface area contributed by atoms with Crippen LogP contribution in [-0.4, -0.2) is 18.4 Å². The van der Waals surface area contributed by atoms with Gasteiger partial charge in [0.2, 0.25) is 11.8 Å². The van der Waals surface area contributed by atoms with Crippen molar-refractivity contribution in [3.63, 3.8) is 0 Å². The van der Waals surface area contributed by atoms with E-state index in [1.165, 1.54) is 11.8 Å². The molecule has 0 aliphatic rings. The summed E-state index contributed by atoms with van der Waals surface area (Å²) >= 11 is 12.0. The highest BCUT2D eigenvalue weighted by molar-refractivity contribution is 6.44. The Balaban J connectivity index is 2.20. The van der Waals surface area contributed by atoms with Crippen LogP contribution in [0.2, 0.25) is 10.0 Å². The molecule has 2 amide bonds. The van der Waals surface area contributed by atoms with Gasteiger partial charge >= 0.3 is 0 Å². The summed E-state index contributed by atoms with van der Waals surface area (Å²) in [5.74, 6) is -0.569. The summed E-state index contributed by atoms with van der Waals surface area (Å²) in [4.78, 5) is 25.7. The highest BCUT2D eigenvalue weighted by atomic mass is 35.5. The zero-order chi connectivity index (χ0) is 17.9. The molecule has 0 bridgehead atoms. The first kappa shape index (κ1) is 18.3. The van der Waals surface area contributed by atoms with Gasteiger partial charge in [0.15, 0.2) is 0 Å². The molecule has 0 aliphatic heterocycles. The summed E-state index contributed by atoms with van der Waals surface area (Å²) < 4.78 is 0. The third kappa shape index (κ3) is 4.49. The van der Waals surface area contributed by atoms with Crippen molar-refractivity contribution in [2.75, 3.05) is 16.8 Å². The smallest absolute Gasteiger partial charge is 0.244 e. The van der Waals surface area contributed by atoms with E-state index in [1.54, 1.807) is 18.2 Å². The summed E-state index contributed by atoms with van der Waals surface area (Å²) in [6.45, 7) is 5.21. The van der Waals surface area contributed by atoms with Crippen LogP contribution in [0.4, 0.5) is 11.4 Å². The van der Waals surface area contributed by atoms with Crippen molar-refractivity contribution >= 4 is 46.4 Å². The second-order valence-corrected chi connectivity index (χ2v) is 6.39. The van der Waals surface area contributed by atoms with Crippen molar-refractivity contribution in [3.8, 4) is 0 Å². The molecule has 0 unspecified atom stereocenters. The maximum Gasteiger partial charge on any atom is 0.244 e. The molecule has 0 saturated heterocycles. The van der Waals surface area contributed by atoms with E-state index < -0.39 is 0 Å². The molecule has 0 radical (unpaired) electrons. The number of amides is 2. The van der Waals surface area contributed by atoms with E-state index in [0.717, 1.165) is 11.1 Å². The molecule has 0 saturated carbocycles. The van der Waals surface area contributed by atoms with E-state index in [-0.39, 0.29) is 23.4 Å². The molecule has 0 aliphatic carbocycles. The van der Waals surface area contributed by atoms with Crippen LogP contribution in [0.3, 0.4) is 0 Å². The fourth-order valence-electron chi connectivity index (χ4n) is 2.42. The molecule has 6 heteroatoms. The molecule has 0 atom stereocenters. The normalized spacial score (nSPS) is 10.4. The van der Waals surface area contributed by atoms with E-state index in [9.17, 15) is 9.59 Å². The Morgan fingerprint density at radius 1 is 1.08 bits per heavy atom. The highest BCUT2D eigenvalue weighted by Gasteiger charge is 2.17. The monoisotopic (exact) mass is 364 g/mol. The average molecular weight is 365 g/mol. The summed E-state index contributed by atoms with van der Waals surface area (Å²) in [7, 11) is 0. The van der Waals surface area contributed by atoms with Crippen LogP contribution in [0.25, 0.3) is 0 Å². The van der Waals surface area contributed by atoms with E-state index >= 15 is 0 Å². The van der Waals surface area contributed by atoms with E-state index in [1.807, 2.05) is 32.0 Å². The van der Waals surface area contributed by atoms with Gasteiger partial charge in [-0.15, -0.1) is 0 Å². The minimum Gasteiger partial charge on any atom is -0.323 e. The van der Waals surface area contributed by atoms with Gasteiger partial charge in [-0.1, -0.05) is 35.3 Å². The fourth-order valence-corrected chi connectivity index (χ4v) is 2.77. The Morgan fingerprint density at radius 2 is 1.71 bits per heavy atom. The molecular weight excluding hydrogens is 347 g/mol. The first-order valence-electron chi connectivity index (χ1n) is 7.38. The predicted molar refractivity (Wildman–Crippen MR) is 99.0 cm³/mol. The highest BCUT2D eigenvalue weighted by Crippen LogP contribution is 2.29. The second kappa shape index (κ2) is 7.69. The zero-order valence-corrected chi connectivity index (χ0v) is 15.2. The molecular formula is C18H18Cl2N2O2. The molecule has 24 heavy (non-hydrogen) atoms. The van der Waals surface area contributed by atoms with Gasteiger partial charge in [-0.2, -0.15) is 0 Å². The largest absolute Gasteiger partial charge is 0.323 e. The lowest BCUT2D eigenvalue weighted by atomic mass is 10.1. The van der Waals surface area contributed by atoms with E-state index in [0.29, 0.717) is 16.4 Å². The van der Waals surface area contributed by atoms with Gasteiger partial charge in [-0.05, 0) is 49.2 Å². The molecule has 0 aromatic heterocycles. The molecule has 126 valence electrons. The van der Waals surface area contributed by atoms with E-state index in [4.69, 9.17) is 23.2 Å². The Kier molecular flexibility index (Phi) is 5.86. The molecule has 2 rings (SSSR count). The number of aryl methyl sites for hydroxylation is 2. The predicted octanol–water partition coefficient (Wildman–Crippen LogP) is 4.60. The second-order valence-electron chi connectivity index (χ2n) is 5.60. The third-order valence-corrected chi connectivity index (χ3v) is 4.24. The third-order valence-electron chi connectivity index (χ3n) is 3.43. The Bertz CT molecular complexity index is 770. The Labute approximate surface area is 151 Å². The van der Waals surface area contributed by atoms with Gasteiger partial charge in [0.1, 0.15) is 6.54 Å². The molecule has 2 aromatic carbocycles. The number of carbonyl (C=O) groups excluding carboxylic acids is 2. The van der Waals surface area contributed by atoms with Crippen LogP contribution >= 0.6 is 23.2 Å². The molecule has 1 N–H and O–H groups in total. The van der Waals surface area contributed by atoms with Gasteiger partial charge < -0.3 is 10.2 Å². The van der Waals surface area contributed by atoms with Gasteiger partial charge in [0.05, 0.1) is 15.7 Å². The maximum absolute atomic E-state index is 12.3.